The number of fused-ring (bicyclic) bond motifs is 1. The number of ether oxygens (including phenoxy) is 1. The Balaban J connectivity index is 1.51. The van der Waals surface area contributed by atoms with Gasteiger partial charge in [-0.25, -0.2) is 4.68 Å². The molecular formula is C18H22N4O2. The molecule has 2 aromatic rings. The lowest BCUT2D eigenvalue weighted by Crippen LogP contribution is -2.37. The minimum atomic E-state index is -0.0209. The number of hydrogen-bond acceptors (Lipinski definition) is 5. The maximum absolute atomic E-state index is 12.4. The summed E-state index contributed by atoms with van der Waals surface area (Å²) in [5, 5.41) is 4.60. The quantitative estimate of drug-likeness (QED) is 0.849. The van der Waals surface area contributed by atoms with Gasteiger partial charge in [-0.3, -0.25) is 14.7 Å². The molecule has 0 aromatic carbocycles. The number of aromatic nitrogens is 3. The smallest absolute Gasteiger partial charge is 0.267 e. The van der Waals surface area contributed by atoms with E-state index in [1.54, 1.807) is 16.9 Å². The Morgan fingerprint density at radius 1 is 1.38 bits per heavy atom. The fourth-order valence-corrected chi connectivity index (χ4v) is 3.62. The summed E-state index contributed by atoms with van der Waals surface area (Å²) in [6.07, 6.45) is 6.77. The predicted octanol–water partition coefficient (Wildman–Crippen LogP) is 1.38. The van der Waals surface area contributed by atoms with Crippen molar-refractivity contribution in [1.82, 2.24) is 19.7 Å². The molecule has 6 nitrogen and oxygen atoms in total. The molecule has 4 rings (SSSR count). The normalized spacial score (nSPS) is 20.9. The summed E-state index contributed by atoms with van der Waals surface area (Å²) in [5.74, 6) is 0. The fraction of sp³-hybridized carbons (Fsp3) is 0.500. The Bertz CT molecular complexity index is 759. The first-order chi connectivity index (χ1) is 11.8. The molecule has 1 unspecified atom stereocenters. The molecule has 0 N–H and O–H groups in total. The third-order valence-electron chi connectivity index (χ3n) is 4.90. The van der Waals surface area contributed by atoms with E-state index >= 15 is 0 Å². The van der Waals surface area contributed by atoms with Gasteiger partial charge < -0.3 is 4.74 Å². The Hall–Kier alpha value is -2.05. The van der Waals surface area contributed by atoms with Crippen molar-refractivity contribution in [1.29, 1.82) is 0 Å². The van der Waals surface area contributed by atoms with Crippen LogP contribution in [-0.4, -0.2) is 38.9 Å². The van der Waals surface area contributed by atoms with E-state index in [2.05, 4.69) is 21.0 Å². The van der Waals surface area contributed by atoms with Crippen LogP contribution in [-0.2, 0) is 30.9 Å². The number of hydrogen-bond donors (Lipinski definition) is 0. The van der Waals surface area contributed by atoms with Crippen molar-refractivity contribution in [2.45, 2.75) is 45.0 Å². The molecule has 0 amide bonds. The van der Waals surface area contributed by atoms with Crippen LogP contribution in [0.1, 0.15) is 29.7 Å². The Morgan fingerprint density at radius 2 is 2.33 bits per heavy atom. The average molecular weight is 326 g/mol. The maximum Gasteiger partial charge on any atom is 0.267 e. The van der Waals surface area contributed by atoms with Crippen LogP contribution in [0.5, 0.6) is 0 Å². The molecule has 2 aliphatic rings. The first-order valence-electron chi connectivity index (χ1n) is 8.60. The van der Waals surface area contributed by atoms with Gasteiger partial charge in [0.2, 0.25) is 0 Å². The van der Waals surface area contributed by atoms with Gasteiger partial charge in [0.05, 0.1) is 25.5 Å². The molecule has 0 saturated carbocycles. The number of rotatable bonds is 4. The summed E-state index contributed by atoms with van der Waals surface area (Å²) in [7, 11) is 0. The summed E-state index contributed by atoms with van der Waals surface area (Å²) >= 11 is 0. The number of pyridine rings is 1. The number of nitrogens with zero attached hydrogens (tertiary/aromatic N) is 4. The van der Waals surface area contributed by atoms with Crippen LogP contribution in [0, 0.1) is 0 Å². The summed E-state index contributed by atoms with van der Waals surface area (Å²) in [6.45, 7) is 3.80. The zero-order chi connectivity index (χ0) is 16.4. The van der Waals surface area contributed by atoms with Crippen molar-refractivity contribution in [3.8, 4) is 0 Å². The zero-order valence-corrected chi connectivity index (χ0v) is 13.7. The van der Waals surface area contributed by atoms with E-state index in [1.165, 1.54) is 12.0 Å². The van der Waals surface area contributed by atoms with Gasteiger partial charge in [-0.05, 0) is 31.0 Å². The van der Waals surface area contributed by atoms with Crippen molar-refractivity contribution >= 4 is 0 Å². The second-order valence-corrected chi connectivity index (χ2v) is 6.57. The minimum Gasteiger partial charge on any atom is -0.376 e. The van der Waals surface area contributed by atoms with Crippen LogP contribution in [0.3, 0.4) is 0 Å². The Labute approximate surface area is 141 Å². The van der Waals surface area contributed by atoms with Gasteiger partial charge in [0.15, 0.2) is 0 Å². The average Bonchev–Trinajstić information content (AvgIpc) is 3.03. The molecule has 0 aliphatic carbocycles. The highest BCUT2D eigenvalue weighted by atomic mass is 16.5. The van der Waals surface area contributed by atoms with Crippen molar-refractivity contribution in [2.24, 2.45) is 0 Å². The van der Waals surface area contributed by atoms with E-state index in [-0.39, 0.29) is 5.56 Å². The van der Waals surface area contributed by atoms with Gasteiger partial charge in [-0.2, -0.15) is 5.10 Å². The molecule has 4 heterocycles. The standard InChI is InChI=1S/C18H22N4O2/c23-18-9-15-13-24-8-5-17(15)20-22(18)12-16-4-2-7-21(16)11-14-3-1-6-19-10-14/h1,3,6,9-10,16H,2,4-5,7-8,11-13H2. The van der Waals surface area contributed by atoms with E-state index in [1.807, 2.05) is 12.3 Å². The predicted molar refractivity (Wildman–Crippen MR) is 89.5 cm³/mol. The summed E-state index contributed by atoms with van der Waals surface area (Å²) < 4.78 is 7.05. The third kappa shape index (κ3) is 3.25. The monoisotopic (exact) mass is 326 g/mol. The van der Waals surface area contributed by atoms with Crippen molar-refractivity contribution in [3.05, 3.63) is 57.8 Å². The molecule has 2 aromatic heterocycles. The highest BCUT2D eigenvalue weighted by Gasteiger charge is 2.26. The second-order valence-electron chi connectivity index (χ2n) is 6.57. The lowest BCUT2D eigenvalue weighted by molar-refractivity contribution is 0.107. The first kappa shape index (κ1) is 15.5. The second kappa shape index (κ2) is 6.83. The zero-order valence-electron chi connectivity index (χ0n) is 13.7. The fourth-order valence-electron chi connectivity index (χ4n) is 3.62. The lowest BCUT2D eigenvalue weighted by Gasteiger charge is -2.25. The topological polar surface area (TPSA) is 60.2 Å². The van der Waals surface area contributed by atoms with Crippen LogP contribution in [0.25, 0.3) is 0 Å². The highest BCUT2D eigenvalue weighted by Crippen LogP contribution is 2.21. The van der Waals surface area contributed by atoms with Crippen LogP contribution in [0.4, 0.5) is 0 Å². The molecule has 1 atom stereocenters. The molecule has 126 valence electrons. The maximum atomic E-state index is 12.4. The van der Waals surface area contributed by atoms with Crippen molar-refractivity contribution in [2.75, 3.05) is 13.2 Å². The summed E-state index contributed by atoms with van der Waals surface area (Å²) in [6, 6.07) is 6.12. The summed E-state index contributed by atoms with van der Waals surface area (Å²) in [4.78, 5) is 19.0. The third-order valence-corrected chi connectivity index (χ3v) is 4.90. The van der Waals surface area contributed by atoms with Crippen molar-refractivity contribution < 1.29 is 4.74 Å². The molecule has 2 aliphatic heterocycles. The largest absolute Gasteiger partial charge is 0.376 e. The lowest BCUT2D eigenvalue weighted by atomic mass is 10.1. The minimum absolute atomic E-state index is 0.0209. The summed E-state index contributed by atoms with van der Waals surface area (Å²) in [5.41, 5.74) is 3.15. The van der Waals surface area contributed by atoms with Crippen LogP contribution < -0.4 is 5.56 Å². The van der Waals surface area contributed by atoms with Gasteiger partial charge in [-0.1, -0.05) is 6.07 Å². The van der Waals surface area contributed by atoms with E-state index in [0.717, 1.165) is 37.2 Å². The van der Waals surface area contributed by atoms with Gasteiger partial charge in [0, 0.05) is 43.0 Å². The Morgan fingerprint density at radius 3 is 3.21 bits per heavy atom. The Kier molecular flexibility index (Phi) is 4.40. The molecular weight excluding hydrogens is 304 g/mol. The molecule has 0 bridgehead atoms. The molecule has 1 fully saturated rings. The van der Waals surface area contributed by atoms with E-state index in [9.17, 15) is 4.79 Å². The van der Waals surface area contributed by atoms with E-state index in [4.69, 9.17) is 4.74 Å². The first-order valence-corrected chi connectivity index (χ1v) is 8.60. The molecule has 0 spiro atoms. The molecule has 24 heavy (non-hydrogen) atoms. The SMILES string of the molecule is O=c1cc2c(nn1CC1CCCN1Cc1cccnc1)CCOC2. The van der Waals surface area contributed by atoms with Crippen LogP contribution in [0.2, 0.25) is 0 Å². The molecule has 1 saturated heterocycles. The van der Waals surface area contributed by atoms with Crippen molar-refractivity contribution in [3.63, 3.8) is 0 Å². The molecule has 6 heteroatoms. The highest BCUT2D eigenvalue weighted by molar-refractivity contribution is 5.18. The van der Waals surface area contributed by atoms with E-state index < -0.39 is 0 Å². The van der Waals surface area contributed by atoms with Gasteiger partial charge >= 0.3 is 0 Å². The van der Waals surface area contributed by atoms with Gasteiger partial charge in [0.25, 0.3) is 5.56 Å². The number of likely N-dealkylation sites (tertiary alicyclic amines) is 1. The molecule has 0 radical (unpaired) electrons. The van der Waals surface area contributed by atoms with Gasteiger partial charge in [0.1, 0.15) is 0 Å². The van der Waals surface area contributed by atoms with Crippen LogP contribution in [0.15, 0.2) is 35.4 Å². The van der Waals surface area contributed by atoms with Gasteiger partial charge in [-0.15, -0.1) is 0 Å². The van der Waals surface area contributed by atoms with E-state index in [0.29, 0.717) is 25.8 Å². The van der Waals surface area contributed by atoms with Crippen LogP contribution >= 0.6 is 0 Å².